The van der Waals surface area contributed by atoms with E-state index in [1.165, 1.54) is 64.2 Å². The highest BCUT2D eigenvalue weighted by molar-refractivity contribution is 5.15. The van der Waals surface area contributed by atoms with Crippen LogP contribution in [-0.2, 0) is 0 Å². The van der Waals surface area contributed by atoms with Crippen molar-refractivity contribution in [2.24, 2.45) is 0 Å². The van der Waals surface area contributed by atoms with E-state index < -0.39 is 0 Å². The molecule has 1 saturated carbocycles. The Morgan fingerprint density at radius 1 is 0.938 bits per heavy atom. The van der Waals surface area contributed by atoms with E-state index >= 15 is 0 Å². The molecule has 0 aromatic carbocycles. The number of allylic oxidation sites excluding steroid dienone is 3. The molecule has 0 amide bonds. The minimum Gasteiger partial charge on any atom is -0.103 e. The molecular formula is C16H30. The maximum absolute atomic E-state index is 3.66. The average molecular weight is 222 g/mol. The summed E-state index contributed by atoms with van der Waals surface area (Å²) >= 11 is 0. The molecule has 1 rings (SSSR count). The minimum atomic E-state index is 1.19. The molecule has 0 aliphatic heterocycles. The lowest BCUT2D eigenvalue weighted by molar-refractivity contribution is 0.675. The molecule has 1 aliphatic carbocycles. The van der Waals surface area contributed by atoms with Crippen LogP contribution in [0.1, 0.15) is 78.1 Å². The Kier molecular flexibility index (Phi) is 12.1. The molecule has 0 bridgehead atoms. The van der Waals surface area contributed by atoms with Gasteiger partial charge in [0.25, 0.3) is 0 Å². The van der Waals surface area contributed by atoms with Crippen LogP contribution in [0.2, 0.25) is 0 Å². The summed E-state index contributed by atoms with van der Waals surface area (Å²) in [6.45, 7) is 8.13. The average Bonchev–Trinajstić information content (AvgIpc) is 3.10. The first-order valence-electron chi connectivity index (χ1n) is 7.13. The predicted molar refractivity (Wildman–Crippen MR) is 75.8 cm³/mol. The second-order valence-corrected chi connectivity index (χ2v) is 4.64. The van der Waals surface area contributed by atoms with Gasteiger partial charge in [0.15, 0.2) is 0 Å². The van der Waals surface area contributed by atoms with Crippen LogP contribution in [0, 0.1) is 0 Å². The molecule has 0 radical (unpaired) electrons. The molecule has 1 aliphatic rings. The third-order valence-electron chi connectivity index (χ3n) is 2.79. The van der Waals surface area contributed by atoms with Crippen LogP contribution in [0.5, 0.6) is 0 Å². The van der Waals surface area contributed by atoms with Gasteiger partial charge < -0.3 is 0 Å². The van der Waals surface area contributed by atoms with E-state index in [1.807, 2.05) is 6.08 Å². The molecule has 0 spiro atoms. The van der Waals surface area contributed by atoms with E-state index in [2.05, 4.69) is 26.5 Å². The predicted octanol–water partition coefficient (Wildman–Crippen LogP) is 6.04. The molecule has 0 unspecified atom stereocenters. The third kappa shape index (κ3) is 13.5. The largest absolute Gasteiger partial charge is 0.103 e. The maximum Gasteiger partial charge on any atom is -0.0283 e. The number of unbranched alkanes of at least 4 members (excludes halogenated alkanes) is 6. The normalized spacial score (nSPS) is 12.8. The quantitative estimate of drug-likeness (QED) is 0.347. The molecule has 0 N–H and O–H groups in total. The molecule has 0 heterocycles. The zero-order valence-electron chi connectivity index (χ0n) is 11.4. The van der Waals surface area contributed by atoms with Crippen molar-refractivity contribution in [1.82, 2.24) is 0 Å². The molecule has 1 fully saturated rings. The van der Waals surface area contributed by atoms with Crippen LogP contribution >= 0.6 is 0 Å². The Hall–Kier alpha value is -0.520. The molecule has 0 aromatic rings. The second kappa shape index (κ2) is 12.5. The first-order valence-corrected chi connectivity index (χ1v) is 7.13. The van der Waals surface area contributed by atoms with E-state index in [-0.39, 0.29) is 0 Å². The number of hydrogen-bond acceptors (Lipinski definition) is 0. The highest BCUT2D eigenvalue weighted by Crippen LogP contribution is 2.28. The fourth-order valence-corrected chi connectivity index (χ4v) is 1.50. The summed E-state index contributed by atoms with van der Waals surface area (Å²) < 4.78 is 0. The van der Waals surface area contributed by atoms with Crippen molar-refractivity contribution in [3.8, 4) is 0 Å². The topological polar surface area (TPSA) is 0 Å². The van der Waals surface area contributed by atoms with Gasteiger partial charge in [0.1, 0.15) is 0 Å². The van der Waals surface area contributed by atoms with Crippen LogP contribution in [-0.4, -0.2) is 0 Å². The monoisotopic (exact) mass is 222 g/mol. The molecule has 0 atom stereocenters. The number of rotatable bonds is 8. The van der Waals surface area contributed by atoms with Crippen LogP contribution in [0.15, 0.2) is 24.3 Å². The Morgan fingerprint density at radius 2 is 1.62 bits per heavy atom. The van der Waals surface area contributed by atoms with Gasteiger partial charge in [0.2, 0.25) is 0 Å². The van der Waals surface area contributed by atoms with Crippen molar-refractivity contribution in [2.75, 3.05) is 0 Å². The van der Waals surface area contributed by atoms with Crippen LogP contribution < -0.4 is 0 Å². The summed E-state index contributed by atoms with van der Waals surface area (Å²) in [6.07, 6.45) is 17.8. The highest BCUT2D eigenvalue weighted by atomic mass is 14.1. The van der Waals surface area contributed by atoms with Crippen molar-refractivity contribution < 1.29 is 0 Å². The molecule has 0 aromatic heterocycles. The standard InChI is InChI=1S/C8H14.C8H16/c1-2-3-4-5-8-6-7-8;1-3-5-7-8-6-4-2/h5H,2-4,6-7H2,1H3;3H,1,4-8H2,2H3. The van der Waals surface area contributed by atoms with Crippen molar-refractivity contribution in [1.29, 1.82) is 0 Å². The third-order valence-corrected chi connectivity index (χ3v) is 2.79. The van der Waals surface area contributed by atoms with Gasteiger partial charge in [0, 0.05) is 0 Å². The van der Waals surface area contributed by atoms with Gasteiger partial charge in [-0.1, -0.05) is 63.7 Å². The smallest absolute Gasteiger partial charge is 0.0283 e. The Morgan fingerprint density at radius 3 is 2.12 bits per heavy atom. The van der Waals surface area contributed by atoms with Gasteiger partial charge in [-0.25, -0.2) is 0 Å². The van der Waals surface area contributed by atoms with E-state index in [4.69, 9.17) is 0 Å². The summed E-state index contributed by atoms with van der Waals surface area (Å²) in [6, 6.07) is 0. The van der Waals surface area contributed by atoms with Crippen LogP contribution in [0.4, 0.5) is 0 Å². The highest BCUT2D eigenvalue weighted by Gasteiger charge is 2.08. The SMILES string of the molecule is C=CCCCCCC.CCCCC=C1CC1. The second-order valence-electron chi connectivity index (χ2n) is 4.64. The van der Waals surface area contributed by atoms with Crippen molar-refractivity contribution in [2.45, 2.75) is 78.1 Å². The molecule has 0 nitrogen and oxygen atoms in total. The van der Waals surface area contributed by atoms with Gasteiger partial charge >= 0.3 is 0 Å². The zero-order chi connectivity index (χ0) is 12.1. The van der Waals surface area contributed by atoms with Gasteiger partial charge in [-0.3, -0.25) is 0 Å². The molecule has 94 valence electrons. The van der Waals surface area contributed by atoms with E-state index in [1.54, 1.807) is 5.57 Å². The first-order chi connectivity index (χ1) is 7.85. The maximum atomic E-state index is 3.66. The summed E-state index contributed by atoms with van der Waals surface area (Å²) in [5.74, 6) is 0. The lowest BCUT2D eigenvalue weighted by atomic mass is 10.2. The van der Waals surface area contributed by atoms with E-state index in [0.717, 1.165) is 0 Å². The van der Waals surface area contributed by atoms with Crippen LogP contribution in [0.25, 0.3) is 0 Å². The van der Waals surface area contributed by atoms with Crippen molar-refractivity contribution in [3.05, 3.63) is 24.3 Å². The van der Waals surface area contributed by atoms with Gasteiger partial charge in [-0.15, -0.1) is 6.58 Å². The Balaban J connectivity index is 0.000000281. The fourth-order valence-electron chi connectivity index (χ4n) is 1.50. The molecule has 16 heavy (non-hydrogen) atoms. The fraction of sp³-hybridized carbons (Fsp3) is 0.750. The van der Waals surface area contributed by atoms with Gasteiger partial charge in [0.05, 0.1) is 0 Å². The number of hydrogen-bond donors (Lipinski definition) is 0. The lowest BCUT2D eigenvalue weighted by Gasteiger charge is -1.91. The van der Waals surface area contributed by atoms with E-state index in [0.29, 0.717) is 0 Å². The summed E-state index contributed by atoms with van der Waals surface area (Å²) in [5, 5.41) is 0. The lowest BCUT2D eigenvalue weighted by Crippen LogP contribution is -1.71. The summed E-state index contributed by atoms with van der Waals surface area (Å²) in [4.78, 5) is 0. The van der Waals surface area contributed by atoms with Crippen LogP contribution in [0.3, 0.4) is 0 Å². The molecular weight excluding hydrogens is 192 g/mol. The van der Waals surface area contributed by atoms with Gasteiger partial charge in [-0.05, 0) is 32.1 Å². The first kappa shape index (κ1) is 15.5. The molecule has 0 saturated heterocycles. The summed E-state index contributed by atoms with van der Waals surface area (Å²) in [7, 11) is 0. The minimum absolute atomic E-state index is 1.19. The Bertz CT molecular complexity index is 170. The summed E-state index contributed by atoms with van der Waals surface area (Å²) in [5.41, 5.74) is 1.69. The van der Waals surface area contributed by atoms with Gasteiger partial charge in [-0.2, -0.15) is 0 Å². The zero-order valence-corrected chi connectivity index (χ0v) is 11.4. The molecule has 0 heteroatoms. The van der Waals surface area contributed by atoms with E-state index in [9.17, 15) is 0 Å². The Labute approximate surface area is 103 Å². The van der Waals surface area contributed by atoms with Crippen molar-refractivity contribution >= 4 is 0 Å². The van der Waals surface area contributed by atoms with Crippen molar-refractivity contribution in [3.63, 3.8) is 0 Å².